The summed E-state index contributed by atoms with van der Waals surface area (Å²) >= 11 is 0. The summed E-state index contributed by atoms with van der Waals surface area (Å²) in [5.41, 5.74) is 5.87. The number of rotatable bonds is 17. The minimum Gasteiger partial charge on any atom is -1.00 e. The summed E-state index contributed by atoms with van der Waals surface area (Å²) in [6.45, 7) is 2.26. The molecule has 1 unspecified atom stereocenters. The summed E-state index contributed by atoms with van der Waals surface area (Å²) in [5, 5.41) is 17.7. The molecule has 4 N–H and O–H groups in total. The van der Waals surface area contributed by atoms with E-state index in [-0.39, 0.29) is 84.8 Å². The van der Waals surface area contributed by atoms with Gasteiger partial charge in [0.05, 0.1) is 19.2 Å². The molecule has 0 saturated carbocycles. The summed E-state index contributed by atoms with van der Waals surface area (Å²) in [4.78, 5) is 24.3. The van der Waals surface area contributed by atoms with Crippen molar-refractivity contribution in [2.75, 3.05) is 26.2 Å². The van der Waals surface area contributed by atoms with Crippen molar-refractivity contribution in [3.05, 3.63) is 0 Å². The molecule has 0 aliphatic rings. The van der Waals surface area contributed by atoms with Gasteiger partial charge in [0, 0.05) is 19.5 Å². The van der Waals surface area contributed by atoms with Gasteiger partial charge in [-0.1, -0.05) is 58.3 Å². The number of hydrogen-bond donors (Lipinski definition) is 3. The molecule has 0 aliphatic heterocycles. The van der Waals surface area contributed by atoms with E-state index in [2.05, 4.69) is 6.92 Å². The maximum atomic E-state index is 12.0. The average Bonchev–Trinajstić information content (AvgIpc) is 2.52. The van der Waals surface area contributed by atoms with Crippen molar-refractivity contribution in [3.63, 3.8) is 0 Å². The van der Waals surface area contributed by atoms with Crippen LogP contribution in [0.3, 0.4) is 0 Å². The summed E-state index contributed by atoms with van der Waals surface area (Å²) in [6.07, 6.45) is 11.2. The minimum atomic E-state index is -0.984. The second-order valence-electron chi connectivity index (χ2n) is 6.50. The first-order valence-electron chi connectivity index (χ1n) is 9.34. The number of carbonyl (C=O) groups is 2. The van der Waals surface area contributed by atoms with Crippen molar-refractivity contribution in [3.8, 4) is 0 Å². The largest absolute Gasteiger partial charge is 1.00 e. The number of ketones is 1. The van der Waals surface area contributed by atoms with Crippen LogP contribution in [-0.2, 0) is 9.59 Å². The molecule has 0 aromatic carbocycles. The van der Waals surface area contributed by atoms with Gasteiger partial charge in [-0.25, -0.2) is 0 Å². The van der Waals surface area contributed by atoms with Gasteiger partial charge in [0.25, 0.3) is 0 Å². The quantitative estimate of drug-likeness (QED) is 0.226. The van der Waals surface area contributed by atoms with E-state index >= 15 is 0 Å². The molecular weight excluding hydrogens is 347 g/mol. The summed E-state index contributed by atoms with van der Waals surface area (Å²) in [5.74, 6) is -1.01. The van der Waals surface area contributed by atoms with Gasteiger partial charge in [0.15, 0.2) is 5.78 Å². The van der Waals surface area contributed by atoms with Crippen LogP contribution >= 0.6 is 0 Å². The number of nitrogens with two attached hydrogens (primary N) is 1. The van der Waals surface area contributed by atoms with Crippen LogP contribution in [0.15, 0.2) is 0 Å². The summed E-state index contributed by atoms with van der Waals surface area (Å²) < 4.78 is 0. The average molecular weight is 385 g/mol. The van der Waals surface area contributed by atoms with E-state index in [1.54, 1.807) is 0 Å². The third-order valence-electron chi connectivity index (χ3n) is 4.17. The summed E-state index contributed by atoms with van der Waals surface area (Å²) in [6, 6.07) is -0.676. The molecule has 25 heavy (non-hydrogen) atoms. The first-order valence-corrected chi connectivity index (χ1v) is 9.34. The number of unbranched alkanes of at least 4 members (excludes halogenated alkanes) is 8. The molecule has 0 aromatic rings. The van der Waals surface area contributed by atoms with Crippen LogP contribution in [-0.4, -0.2) is 59.1 Å². The SMILES string of the molecule is CCCCCCCCCCCC(=O)C(N)CN(CCO)CC(=O)O.[H-].[K+]. The van der Waals surface area contributed by atoms with Crippen molar-refractivity contribution < 1.29 is 72.6 Å². The molecular formula is C18H37KN2O4. The fourth-order valence-electron chi connectivity index (χ4n) is 2.74. The van der Waals surface area contributed by atoms with Gasteiger partial charge in [-0.3, -0.25) is 14.5 Å². The number of carboxylic acids is 1. The predicted molar refractivity (Wildman–Crippen MR) is 97.1 cm³/mol. The maximum absolute atomic E-state index is 12.0. The van der Waals surface area contributed by atoms with Crippen molar-refractivity contribution in [1.29, 1.82) is 0 Å². The molecule has 7 heteroatoms. The fourth-order valence-corrected chi connectivity index (χ4v) is 2.74. The van der Waals surface area contributed by atoms with E-state index in [4.69, 9.17) is 15.9 Å². The normalized spacial score (nSPS) is 12.0. The van der Waals surface area contributed by atoms with Gasteiger partial charge < -0.3 is 17.4 Å². The Kier molecular flexibility index (Phi) is 21.6. The Hall–Kier alpha value is 0.656. The van der Waals surface area contributed by atoms with Crippen LogP contribution in [0.2, 0.25) is 0 Å². The number of carboxylic acid groups (broad SMARTS) is 1. The van der Waals surface area contributed by atoms with Gasteiger partial charge in [-0.15, -0.1) is 0 Å². The topological polar surface area (TPSA) is 104 Å². The number of aliphatic hydroxyl groups is 1. The van der Waals surface area contributed by atoms with Gasteiger partial charge in [-0.2, -0.15) is 0 Å². The van der Waals surface area contributed by atoms with Crippen molar-refractivity contribution in [2.45, 2.75) is 77.2 Å². The molecule has 0 fully saturated rings. The van der Waals surface area contributed by atoms with Gasteiger partial charge in [0.2, 0.25) is 0 Å². The number of carbonyl (C=O) groups excluding carboxylic acids is 1. The number of aliphatic hydroxyl groups excluding tert-OH is 1. The third-order valence-corrected chi connectivity index (χ3v) is 4.17. The molecule has 144 valence electrons. The van der Waals surface area contributed by atoms with Crippen LogP contribution in [0, 0.1) is 0 Å². The zero-order valence-corrected chi connectivity index (χ0v) is 19.3. The smallest absolute Gasteiger partial charge is 1.00 e. The number of nitrogens with zero attached hydrogens (tertiary/aromatic N) is 1. The molecule has 0 aromatic heterocycles. The monoisotopic (exact) mass is 384 g/mol. The van der Waals surface area contributed by atoms with E-state index in [1.165, 1.54) is 43.4 Å². The second kappa shape index (κ2) is 19.4. The molecule has 6 nitrogen and oxygen atoms in total. The first-order chi connectivity index (χ1) is 11.5. The van der Waals surface area contributed by atoms with Gasteiger partial charge in [-0.05, 0) is 6.42 Å². The Labute approximate surface area is 196 Å². The zero-order chi connectivity index (χ0) is 18.2. The van der Waals surface area contributed by atoms with E-state index in [9.17, 15) is 9.59 Å². The van der Waals surface area contributed by atoms with E-state index in [0.29, 0.717) is 6.42 Å². The predicted octanol–water partition coefficient (Wildman–Crippen LogP) is -0.701. The molecule has 0 rings (SSSR count). The van der Waals surface area contributed by atoms with Gasteiger partial charge in [0.1, 0.15) is 0 Å². The summed E-state index contributed by atoms with van der Waals surface area (Å²) in [7, 11) is 0. The molecule has 0 amide bonds. The number of hydrogen-bond acceptors (Lipinski definition) is 5. The standard InChI is InChI=1S/C18H36N2O4.K.H/c1-2-3-4-5-6-7-8-9-10-11-17(22)16(19)14-20(12-13-21)15-18(23)24;;/h16,21H,2-15,19H2,1H3,(H,23,24);;/q;+1;-1. The Morgan fingerprint density at radius 2 is 1.56 bits per heavy atom. The van der Waals surface area contributed by atoms with E-state index in [0.717, 1.165) is 19.3 Å². The minimum absolute atomic E-state index is 0. The Morgan fingerprint density at radius 1 is 1.04 bits per heavy atom. The zero-order valence-electron chi connectivity index (χ0n) is 17.2. The van der Waals surface area contributed by atoms with Crippen LogP contribution in [0.5, 0.6) is 0 Å². The Morgan fingerprint density at radius 3 is 2.04 bits per heavy atom. The number of aliphatic carboxylic acids is 1. The Balaban J connectivity index is -0.00000264. The molecule has 0 aliphatic carbocycles. The molecule has 0 heterocycles. The van der Waals surface area contributed by atoms with Crippen LogP contribution in [0.4, 0.5) is 0 Å². The molecule has 0 bridgehead atoms. The van der Waals surface area contributed by atoms with Crippen LogP contribution < -0.4 is 57.1 Å². The molecule has 0 radical (unpaired) electrons. The van der Waals surface area contributed by atoms with Crippen LogP contribution in [0.1, 0.15) is 72.6 Å². The third kappa shape index (κ3) is 17.8. The maximum Gasteiger partial charge on any atom is 1.00 e. The van der Waals surface area contributed by atoms with Crippen molar-refractivity contribution in [2.24, 2.45) is 5.73 Å². The van der Waals surface area contributed by atoms with E-state index in [1.807, 2.05) is 0 Å². The van der Waals surface area contributed by atoms with Gasteiger partial charge >= 0.3 is 57.4 Å². The molecule has 0 saturated heterocycles. The number of Topliss-reactive ketones (excluding diaryl/α,β-unsaturated/α-hetero) is 1. The Bertz CT molecular complexity index is 349. The molecule has 1 atom stereocenters. The van der Waals surface area contributed by atoms with Crippen LogP contribution in [0.25, 0.3) is 0 Å². The fraction of sp³-hybridized carbons (Fsp3) is 0.889. The van der Waals surface area contributed by atoms with Crippen molar-refractivity contribution in [1.82, 2.24) is 4.90 Å². The van der Waals surface area contributed by atoms with Crippen molar-refractivity contribution >= 4 is 11.8 Å². The second-order valence-corrected chi connectivity index (χ2v) is 6.50. The molecule has 0 spiro atoms. The van der Waals surface area contributed by atoms with E-state index < -0.39 is 12.0 Å². The first kappa shape index (κ1) is 27.9.